The van der Waals surface area contributed by atoms with Gasteiger partial charge in [0.15, 0.2) is 0 Å². The quantitative estimate of drug-likeness (QED) is 0.785. The third-order valence-corrected chi connectivity index (χ3v) is 3.45. The lowest BCUT2D eigenvalue weighted by Gasteiger charge is -2.13. The topological polar surface area (TPSA) is 17.8 Å². The molecule has 3 heteroatoms. The van der Waals surface area contributed by atoms with Crippen molar-refractivity contribution < 1.29 is 0 Å². The van der Waals surface area contributed by atoms with Gasteiger partial charge in [-0.2, -0.15) is 17.7 Å². The van der Waals surface area contributed by atoms with Crippen LogP contribution in [0.15, 0.2) is 30.5 Å². The summed E-state index contributed by atoms with van der Waals surface area (Å²) in [5.41, 5.74) is 1.23. The predicted octanol–water partition coefficient (Wildman–Crippen LogP) is 3.38. The molecule has 2 rings (SSSR count). The first-order valence-electron chi connectivity index (χ1n) is 5.86. The number of hydrogen-bond donors (Lipinski definition) is 1. The zero-order valence-corrected chi connectivity index (χ0v) is 10.5. The third kappa shape index (κ3) is 2.40. The Morgan fingerprint density at radius 3 is 2.94 bits per heavy atom. The van der Waals surface area contributed by atoms with Gasteiger partial charge in [-0.05, 0) is 24.2 Å². The van der Waals surface area contributed by atoms with Gasteiger partial charge >= 0.3 is 0 Å². The lowest BCUT2D eigenvalue weighted by atomic mass is 10.1. The maximum Gasteiger partial charge on any atom is 0.0682 e. The second kappa shape index (κ2) is 5.39. The van der Waals surface area contributed by atoms with Crippen LogP contribution in [0.4, 0.5) is 0 Å². The standard InChI is InChI=1S/C13H18N2S/c1-2-5-11(10-16)9-15-13-7-4-3-6-12(13)8-14-15/h3-4,6-8,11,16H,2,5,9-10H2,1H3. The van der Waals surface area contributed by atoms with Crippen molar-refractivity contribution in [3.8, 4) is 0 Å². The molecule has 0 radical (unpaired) electrons. The molecule has 0 aliphatic carbocycles. The Hall–Kier alpha value is -0.960. The number of aromatic nitrogens is 2. The summed E-state index contributed by atoms with van der Waals surface area (Å²) < 4.78 is 2.10. The average molecular weight is 234 g/mol. The molecular weight excluding hydrogens is 216 g/mol. The molecule has 16 heavy (non-hydrogen) atoms. The first-order valence-corrected chi connectivity index (χ1v) is 6.49. The smallest absolute Gasteiger partial charge is 0.0682 e. The Labute approximate surface area is 102 Å². The number of benzene rings is 1. The minimum absolute atomic E-state index is 0.622. The summed E-state index contributed by atoms with van der Waals surface area (Å²) in [4.78, 5) is 0. The van der Waals surface area contributed by atoms with Crippen LogP contribution in [-0.4, -0.2) is 15.5 Å². The molecule has 0 aliphatic rings. The summed E-state index contributed by atoms with van der Waals surface area (Å²) in [7, 11) is 0. The summed E-state index contributed by atoms with van der Waals surface area (Å²) in [5, 5.41) is 5.67. The molecule has 0 N–H and O–H groups in total. The molecule has 0 bridgehead atoms. The molecule has 1 aromatic carbocycles. The van der Waals surface area contributed by atoms with E-state index in [0.717, 1.165) is 12.3 Å². The van der Waals surface area contributed by atoms with Crippen LogP contribution < -0.4 is 0 Å². The fraction of sp³-hybridized carbons (Fsp3) is 0.462. The van der Waals surface area contributed by atoms with Crippen LogP contribution in [0.2, 0.25) is 0 Å². The van der Waals surface area contributed by atoms with Crippen LogP contribution in [-0.2, 0) is 6.54 Å². The molecule has 1 unspecified atom stereocenters. The number of thiol groups is 1. The minimum atomic E-state index is 0.622. The Morgan fingerprint density at radius 2 is 2.19 bits per heavy atom. The van der Waals surface area contributed by atoms with Crippen molar-refractivity contribution in [2.45, 2.75) is 26.3 Å². The van der Waals surface area contributed by atoms with Crippen LogP contribution in [0.5, 0.6) is 0 Å². The fourth-order valence-electron chi connectivity index (χ4n) is 2.06. The molecule has 1 aromatic heterocycles. The van der Waals surface area contributed by atoms with Gasteiger partial charge in [-0.1, -0.05) is 31.5 Å². The summed E-state index contributed by atoms with van der Waals surface area (Å²) >= 11 is 4.41. The van der Waals surface area contributed by atoms with E-state index in [1.54, 1.807) is 0 Å². The molecule has 0 saturated heterocycles. The molecule has 2 nitrogen and oxygen atoms in total. The van der Waals surface area contributed by atoms with E-state index in [4.69, 9.17) is 0 Å². The number of nitrogens with zero attached hydrogens (tertiary/aromatic N) is 2. The number of hydrogen-bond acceptors (Lipinski definition) is 2. The molecule has 0 amide bonds. The van der Waals surface area contributed by atoms with Gasteiger partial charge in [0.1, 0.15) is 0 Å². The molecule has 0 saturated carbocycles. The highest BCUT2D eigenvalue weighted by Gasteiger charge is 2.09. The Bertz CT molecular complexity index is 450. The van der Waals surface area contributed by atoms with Crippen molar-refractivity contribution in [1.82, 2.24) is 9.78 Å². The van der Waals surface area contributed by atoms with Crippen molar-refractivity contribution in [1.29, 1.82) is 0 Å². The first kappa shape index (κ1) is 11.5. The van der Waals surface area contributed by atoms with Crippen molar-refractivity contribution in [2.24, 2.45) is 5.92 Å². The van der Waals surface area contributed by atoms with Crippen molar-refractivity contribution in [3.63, 3.8) is 0 Å². The van der Waals surface area contributed by atoms with Gasteiger partial charge in [-0.15, -0.1) is 0 Å². The minimum Gasteiger partial charge on any atom is -0.265 e. The summed E-state index contributed by atoms with van der Waals surface area (Å²) in [6, 6.07) is 8.35. The van der Waals surface area contributed by atoms with Gasteiger partial charge in [0.2, 0.25) is 0 Å². The average Bonchev–Trinajstić information content (AvgIpc) is 2.72. The molecule has 86 valence electrons. The summed E-state index contributed by atoms with van der Waals surface area (Å²) in [6.45, 7) is 3.20. The normalized spacial score (nSPS) is 13.1. The van der Waals surface area contributed by atoms with Gasteiger partial charge in [0, 0.05) is 11.9 Å². The molecule has 1 atom stereocenters. The number of rotatable bonds is 5. The monoisotopic (exact) mass is 234 g/mol. The van der Waals surface area contributed by atoms with Crippen LogP contribution in [0, 0.1) is 5.92 Å². The largest absolute Gasteiger partial charge is 0.265 e. The summed E-state index contributed by atoms with van der Waals surface area (Å²) in [5.74, 6) is 1.55. The molecular formula is C13H18N2S. The molecule has 2 aromatic rings. The van der Waals surface area contributed by atoms with Crippen molar-refractivity contribution in [2.75, 3.05) is 5.75 Å². The van der Waals surface area contributed by atoms with E-state index in [0.29, 0.717) is 5.92 Å². The SMILES string of the molecule is CCCC(CS)Cn1ncc2ccccc21. The number of para-hydroxylation sites is 1. The van der Waals surface area contributed by atoms with Gasteiger partial charge in [-0.3, -0.25) is 4.68 Å². The van der Waals surface area contributed by atoms with E-state index in [9.17, 15) is 0 Å². The van der Waals surface area contributed by atoms with Gasteiger partial charge < -0.3 is 0 Å². The van der Waals surface area contributed by atoms with E-state index in [1.165, 1.54) is 23.7 Å². The van der Waals surface area contributed by atoms with Gasteiger partial charge in [0.25, 0.3) is 0 Å². The highest BCUT2D eigenvalue weighted by molar-refractivity contribution is 7.80. The van der Waals surface area contributed by atoms with Crippen molar-refractivity contribution in [3.05, 3.63) is 30.5 Å². The maximum atomic E-state index is 4.45. The van der Waals surface area contributed by atoms with Gasteiger partial charge in [0.05, 0.1) is 11.7 Å². The third-order valence-electron chi connectivity index (χ3n) is 2.94. The predicted molar refractivity (Wildman–Crippen MR) is 72.0 cm³/mol. The zero-order valence-electron chi connectivity index (χ0n) is 9.63. The molecule has 0 fully saturated rings. The van der Waals surface area contributed by atoms with E-state index in [2.05, 4.69) is 53.6 Å². The van der Waals surface area contributed by atoms with E-state index in [1.807, 2.05) is 6.20 Å². The van der Waals surface area contributed by atoms with E-state index < -0.39 is 0 Å². The van der Waals surface area contributed by atoms with Crippen LogP contribution in [0.1, 0.15) is 19.8 Å². The second-order valence-electron chi connectivity index (χ2n) is 4.22. The lowest BCUT2D eigenvalue weighted by molar-refractivity contribution is 0.436. The zero-order chi connectivity index (χ0) is 11.4. The maximum absolute atomic E-state index is 4.45. The second-order valence-corrected chi connectivity index (χ2v) is 4.59. The van der Waals surface area contributed by atoms with Gasteiger partial charge in [-0.25, -0.2) is 0 Å². The molecule has 0 aliphatic heterocycles. The highest BCUT2D eigenvalue weighted by Crippen LogP contribution is 2.17. The van der Waals surface area contributed by atoms with Crippen LogP contribution >= 0.6 is 12.6 Å². The van der Waals surface area contributed by atoms with E-state index >= 15 is 0 Å². The Balaban J connectivity index is 2.20. The molecule has 1 heterocycles. The molecule has 0 spiro atoms. The Morgan fingerprint density at radius 1 is 1.38 bits per heavy atom. The number of fused-ring (bicyclic) bond motifs is 1. The lowest BCUT2D eigenvalue weighted by Crippen LogP contribution is -2.13. The first-order chi connectivity index (χ1) is 7.85. The Kier molecular flexibility index (Phi) is 3.88. The van der Waals surface area contributed by atoms with Crippen LogP contribution in [0.3, 0.4) is 0 Å². The highest BCUT2D eigenvalue weighted by atomic mass is 32.1. The van der Waals surface area contributed by atoms with Crippen molar-refractivity contribution >= 4 is 23.5 Å². The fourth-order valence-corrected chi connectivity index (χ4v) is 2.36. The summed E-state index contributed by atoms with van der Waals surface area (Å²) in [6.07, 6.45) is 4.37. The van der Waals surface area contributed by atoms with E-state index in [-0.39, 0.29) is 0 Å². The van der Waals surface area contributed by atoms with Crippen LogP contribution in [0.25, 0.3) is 10.9 Å².